The van der Waals surface area contributed by atoms with Crippen LogP contribution in [0, 0.1) is 0 Å². The van der Waals surface area contributed by atoms with Gasteiger partial charge in [0.25, 0.3) is 0 Å². The second-order valence-corrected chi connectivity index (χ2v) is 3.18. The van der Waals surface area contributed by atoms with Crippen LogP contribution in [-0.2, 0) is 0 Å². The molecule has 0 bridgehead atoms. The highest BCUT2D eigenvalue weighted by Crippen LogP contribution is 2.15. The van der Waals surface area contributed by atoms with Crippen molar-refractivity contribution in [2.75, 3.05) is 24.1 Å². The van der Waals surface area contributed by atoms with Gasteiger partial charge in [-0.25, -0.2) is 14.6 Å². The fraction of sp³-hybridized carbons (Fsp3) is 0.222. The number of carbonyl (C=O) groups excluding carboxylic acids is 1. The third kappa shape index (κ3) is 3.86. The van der Waals surface area contributed by atoms with Crippen molar-refractivity contribution in [1.29, 1.82) is 0 Å². The number of pyridine rings is 1. The summed E-state index contributed by atoms with van der Waals surface area (Å²) in [5, 5.41) is 13.9. The van der Waals surface area contributed by atoms with Gasteiger partial charge in [0.2, 0.25) is 0 Å². The highest BCUT2D eigenvalue weighted by atomic mass is 16.4. The van der Waals surface area contributed by atoms with E-state index in [0.717, 1.165) is 0 Å². The summed E-state index contributed by atoms with van der Waals surface area (Å²) in [5.74, 6) is -0.729. The Hall–Kier alpha value is -2.51. The number of nitrogen functional groups attached to an aromatic ring is 1. The highest BCUT2D eigenvalue weighted by molar-refractivity contribution is 5.89. The first-order valence-electron chi connectivity index (χ1n) is 4.76. The molecule has 1 rings (SSSR count). The predicted octanol–water partition coefficient (Wildman–Crippen LogP) is -0.558. The molecule has 0 spiro atoms. The third-order valence-corrected chi connectivity index (χ3v) is 1.88. The molecule has 0 unspecified atom stereocenters. The molecular weight excluding hydrogens is 226 g/mol. The predicted molar refractivity (Wildman–Crippen MR) is 61.7 cm³/mol. The lowest BCUT2D eigenvalue weighted by molar-refractivity contribution is 0.0696. The van der Waals surface area contributed by atoms with E-state index in [0.29, 0.717) is 18.9 Å². The van der Waals surface area contributed by atoms with E-state index in [-0.39, 0.29) is 11.3 Å². The number of nitrogens with zero attached hydrogens (tertiary/aromatic N) is 1. The van der Waals surface area contributed by atoms with E-state index in [1.54, 1.807) is 0 Å². The zero-order valence-electron chi connectivity index (χ0n) is 8.93. The normalized spacial score (nSPS) is 9.65. The Morgan fingerprint density at radius 3 is 2.65 bits per heavy atom. The van der Waals surface area contributed by atoms with Crippen LogP contribution >= 0.6 is 0 Å². The number of nitrogens with two attached hydrogens (primary N) is 2. The zero-order chi connectivity index (χ0) is 12.8. The van der Waals surface area contributed by atoms with Gasteiger partial charge >= 0.3 is 12.0 Å². The monoisotopic (exact) mass is 239 g/mol. The summed E-state index contributed by atoms with van der Waals surface area (Å²) in [7, 11) is 0. The standard InChI is InChI=1S/C9H13N5O3/c10-6-3-5(8(15)16)4-14-7(6)12-1-2-13-9(11)17/h3-4H,1-2,10H2,(H,12,14)(H,15,16)(H3,11,13,17). The summed E-state index contributed by atoms with van der Waals surface area (Å²) >= 11 is 0. The molecule has 8 nitrogen and oxygen atoms in total. The van der Waals surface area contributed by atoms with Gasteiger partial charge in [-0.3, -0.25) is 0 Å². The molecule has 0 atom stereocenters. The molecule has 1 aromatic rings. The number of hydrogen-bond donors (Lipinski definition) is 5. The first kappa shape index (κ1) is 12.6. The van der Waals surface area contributed by atoms with Gasteiger partial charge in [0.05, 0.1) is 11.3 Å². The fourth-order valence-electron chi connectivity index (χ4n) is 1.11. The van der Waals surface area contributed by atoms with Gasteiger partial charge in [-0.15, -0.1) is 0 Å². The van der Waals surface area contributed by atoms with Gasteiger partial charge < -0.3 is 27.2 Å². The molecule has 1 heterocycles. The topological polar surface area (TPSA) is 143 Å². The first-order chi connectivity index (χ1) is 8.00. The number of primary amides is 1. The average molecular weight is 239 g/mol. The SMILES string of the molecule is NC(=O)NCCNc1ncc(C(=O)O)cc1N. The summed E-state index contributed by atoms with van der Waals surface area (Å²) in [6.07, 6.45) is 1.20. The molecule has 0 saturated heterocycles. The van der Waals surface area contributed by atoms with Crippen molar-refractivity contribution in [1.82, 2.24) is 10.3 Å². The Balaban J connectivity index is 2.54. The Labute approximate surface area is 97.0 Å². The zero-order valence-corrected chi connectivity index (χ0v) is 8.93. The maximum atomic E-state index is 10.6. The molecule has 0 aliphatic heterocycles. The van der Waals surface area contributed by atoms with Crippen LogP contribution in [0.1, 0.15) is 10.4 Å². The second kappa shape index (κ2) is 5.54. The van der Waals surface area contributed by atoms with Crippen molar-refractivity contribution in [2.45, 2.75) is 0 Å². The van der Waals surface area contributed by atoms with Gasteiger partial charge in [-0.1, -0.05) is 0 Å². The van der Waals surface area contributed by atoms with Crippen LogP contribution in [0.15, 0.2) is 12.3 Å². The Morgan fingerprint density at radius 1 is 1.41 bits per heavy atom. The van der Waals surface area contributed by atoms with E-state index in [9.17, 15) is 9.59 Å². The Bertz CT molecular complexity index is 435. The quantitative estimate of drug-likeness (QED) is 0.436. The molecule has 17 heavy (non-hydrogen) atoms. The summed E-state index contributed by atoms with van der Waals surface area (Å²) in [6.45, 7) is 0.698. The van der Waals surface area contributed by atoms with Crippen molar-refractivity contribution in [3.05, 3.63) is 17.8 Å². The number of aromatic nitrogens is 1. The molecule has 2 amide bonds. The lowest BCUT2D eigenvalue weighted by Gasteiger charge is -2.08. The van der Waals surface area contributed by atoms with Crippen molar-refractivity contribution < 1.29 is 14.7 Å². The number of carboxylic acid groups (broad SMARTS) is 1. The Kier molecular flexibility index (Phi) is 4.09. The lowest BCUT2D eigenvalue weighted by atomic mass is 10.2. The lowest BCUT2D eigenvalue weighted by Crippen LogP contribution is -2.33. The molecule has 0 saturated carbocycles. The fourth-order valence-corrected chi connectivity index (χ4v) is 1.11. The number of amides is 2. The van der Waals surface area contributed by atoms with E-state index >= 15 is 0 Å². The molecule has 0 aliphatic carbocycles. The van der Waals surface area contributed by atoms with Gasteiger partial charge in [-0.2, -0.15) is 0 Å². The van der Waals surface area contributed by atoms with Crippen molar-refractivity contribution in [3.63, 3.8) is 0 Å². The first-order valence-corrected chi connectivity index (χ1v) is 4.76. The van der Waals surface area contributed by atoms with Crippen LogP contribution in [0.2, 0.25) is 0 Å². The summed E-state index contributed by atoms with van der Waals surface area (Å²) in [5.41, 5.74) is 10.7. The minimum absolute atomic E-state index is 0.0170. The van der Waals surface area contributed by atoms with Gasteiger partial charge in [0.1, 0.15) is 5.82 Å². The summed E-state index contributed by atoms with van der Waals surface area (Å²) in [4.78, 5) is 24.9. The molecular formula is C9H13N5O3. The third-order valence-electron chi connectivity index (χ3n) is 1.88. The number of carbonyl (C=O) groups is 2. The van der Waals surface area contributed by atoms with E-state index < -0.39 is 12.0 Å². The second-order valence-electron chi connectivity index (χ2n) is 3.18. The summed E-state index contributed by atoms with van der Waals surface area (Å²) < 4.78 is 0. The van der Waals surface area contributed by atoms with Crippen LogP contribution in [0.3, 0.4) is 0 Å². The number of carboxylic acids is 1. The number of hydrogen-bond acceptors (Lipinski definition) is 5. The number of nitrogens with one attached hydrogen (secondary N) is 2. The van der Waals surface area contributed by atoms with Gasteiger partial charge in [0.15, 0.2) is 0 Å². The number of anilines is 2. The average Bonchev–Trinajstić information content (AvgIpc) is 2.25. The van der Waals surface area contributed by atoms with Crippen LogP contribution in [0.4, 0.5) is 16.3 Å². The molecule has 7 N–H and O–H groups in total. The molecule has 1 aromatic heterocycles. The minimum Gasteiger partial charge on any atom is -0.478 e. The molecule has 92 valence electrons. The molecule has 0 radical (unpaired) electrons. The largest absolute Gasteiger partial charge is 0.478 e. The minimum atomic E-state index is -1.09. The molecule has 0 aliphatic rings. The number of aromatic carboxylic acids is 1. The van der Waals surface area contributed by atoms with Crippen LogP contribution in [-0.4, -0.2) is 35.2 Å². The van der Waals surface area contributed by atoms with E-state index in [1.807, 2.05) is 0 Å². The van der Waals surface area contributed by atoms with E-state index in [2.05, 4.69) is 15.6 Å². The molecule has 0 fully saturated rings. The van der Waals surface area contributed by atoms with Gasteiger partial charge in [0, 0.05) is 19.3 Å². The van der Waals surface area contributed by atoms with E-state index in [1.165, 1.54) is 12.3 Å². The van der Waals surface area contributed by atoms with Crippen LogP contribution in [0.5, 0.6) is 0 Å². The van der Waals surface area contributed by atoms with Crippen LogP contribution < -0.4 is 22.1 Å². The van der Waals surface area contributed by atoms with Gasteiger partial charge in [-0.05, 0) is 6.07 Å². The molecule has 0 aromatic carbocycles. The number of rotatable bonds is 5. The van der Waals surface area contributed by atoms with E-state index in [4.69, 9.17) is 16.6 Å². The smallest absolute Gasteiger partial charge is 0.337 e. The van der Waals surface area contributed by atoms with Crippen molar-refractivity contribution in [3.8, 4) is 0 Å². The van der Waals surface area contributed by atoms with Crippen molar-refractivity contribution in [2.24, 2.45) is 5.73 Å². The highest BCUT2D eigenvalue weighted by Gasteiger charge is 2.07. The number of urea groups is 1. The van der Waals surface area contributed by atoms with Crippen molar-refractivity contribution >= 4 is 23.5 Å². The maximum absolute atomic E-state index is 10.6. The Morgan fingerprint density at radius 2 is 2.12 bits per heavy atom. The van der Waals surface area contributed by atoms with Crippen LogP contribution in [0.25, 0.3) is 0 Å². The molecule has 8 heteroatoms. The maximum Gasteiger partial charge on any atom is 0.337 e. The summed E-state index contributed by atoms with van der Waals surface area (Å²) in [6, 6.07) is 0.688.